The minimum atomic E-state index is -0.490. The van der Waals surface area contributed by atoms with E-state index >= 15 is 0 Å². The lowest BCUT2D eigenvalue weighted by atomic mass is 10.0. The second-order valence-corrected chi connectivity index (χ2v) is 5.55. The van der Waals surface area contributed by atoms with Crippen LogP contribution in [0.25, 0.3) is 0 Å². The van der Waals surface area contributed by atoms with Gasteiger partial charge >= 0.3 is 0 Å². The second-order valence-electron chi connectivity index (χ2n) is 5.55. The van der Waals surface area contributed by atoms with Gasteiger partial charge in [0, 0.05) is 24.7 Å². The van der Waals surface area contributed by atoms with Gasteiger partial charge < -0.3 is 16.0 Å². The Morgan fingerprint density at radius 2 is 2.00 bits per heavy atom. The molecule has 1 unspecified atom stereocenters. The predicted molar refractivity (Wildman–Crippen MR) is 89.0 cm³/mol. The molecule has 1 aliphatic heterocycles. The van der Waals surface area contributed by atoms with E-state index < -0.39 is 6.04 Å². The van der Waals surface area contributed by atoms with Crippen LogP contribution in [-0.2, 0) is 4.79 Å². The summed E-state index contributed by atoms with van der Waals surface area (Å²) in [5, 5.41) is 2.92. The van der Waals surface area contributed by atoms with E-state index in [1.165, 1.54) is 0 Å². The van der Waals surface area contributed by atoms with E-state index in [1.807, 2.05) is 23.1 Å². The summed E-state index contributed by atoms with van der Waals surface area (Å²) in [4.78, 5) is 26.0. The molecule has 1 heterocycles. The van der Waals surface area contributed by atoms with Crippen LogP contribution in [0.1, 0.15) is 36.5 Å². The molecule has 1 fully saturated rings. The maximum atomic E-state index is 12.1. The first-order valence-corrected chi connectivity index (χ1v) is 7.49. The zero-order valence-electron chi connectivity index (χ0n) is 12.8. The summed E-state index contributed by atoms with van der Waals surface area (Å²) < 4.78 is 0. The maximum absolute atomic E-state index is 12.1. The van der Waals surface area contributed by atoms with Gasteiger partial charge in [0.05, 0.1) is 6.04 Å². The molecule has 5 nitrogen and oxygen atoms in total. The van der Waals surface area contributed by atoms with Gasteiger partial charge in [-0.25, -0.2) is 0 Å². The third kappa shape index (κ3) is 4.71. The third-order valence-corrected chi connectivity index (χ3v) is 3.83. The van der Waals surface area contributed by atoms with Gasteiger partial charge in [0.1, 0.15) is 0 Å². The molecule has 22 heavy (non-hydrogen) atoms. The highest BCUT2D eigenvalue weighted by Crippen LogP contribution is 2.17. The lowest BCUT2D eigenvalue weighted by molar-refractivity contribution is -0.135. The summed E-state index contributed by atoms with van der Waals surface area (Å²) in [6.45, 7) is 2.91. The normalized spacial score (nSPS) is 19.0. The molecule has 2 rings (SSSR count). The van der Waals surface area contributed by atoms with E-state index in [1.54, 1.807) is 19.1 Å². The Morgan fingerprint density at radius 3 is 2.64 bits per heavy atom. The smallest absolute Gasteiger partial charge is 0.251 e. The van der Waals surface area contributed by atoms with Crippen molar-refractivity contribution in [3.63, 3.8) is 0 Å². The Balaban J connectivity index is 0.00000242. The van der Waals surface area contributed by atoms with Crippen LogP contribution in [0, 0.1) is 0 Å². The average molecular weight is 326 g/mol. The Bertz CT molecular complexity index is 493. The van der Waals surface area contributed by atoms with Crippen LogP contribution in [0.3, 0.4) is 0 Å². The van der Waals surface area contributed by atoms with Crippen molar-refractivity contribution >= 4 is 24.2 Å². The first-order valence-electron chi connectivity index (χ1n) is 7.49. The number of hydrogen-bond donors (Lipinski definition) is 2. The second kappa shape index (κ2) is 8.76. The molecule has 0 saturated carbocycles. The van der Waals surface area contributed by atoms with Crippen LogP contribution >= 0.6 is 12.4 Å². The van der Waals surface area contributed by atoms with E-state index in [9.17, 15) is 9.59 Å². The first-order chi connectivity index (χ1) is 10.1. The number of halogens is 1. The largest absolute Gasteiger partial charge is 0.350 e. The highest BCUT2D eigenvalue weighted by Gasteiger charge is 2.28. The van der Waals surface area contributed by atoms with Crippen molar-refractivity contribution in [3.8, 4) is 0 Å². The van der Waals surface area contributed by atoms with Gasteiger partial charge in [0.25, 0.3) is 5.91 Å². The Hall–Kier alpha value is -1.59. The summed E-state index contributed by atoms with van der Waals surface area (Å²) in [5.41, 5.74) is 6.33. The number of hydrogen-bond acceptors (Lipinski definition) is 3. The lowest BCUT2D eigenvalue weighted by Crippen LogP contribution is -2.53. The molecule has 122 valence electrons. The predicted octanol–water partition coefficient (Wildman–Crippen LogP) is 1.57. The summed E-state index contributed by atoms with van der Waals surface area (Å²) in [6, 6.07) is 8.66. The van der Waals surface area contributed by atoms with Gasteiger partial charge in [-0.2, -0.15) is 0 Å². The van der Waals surface area contributed by atoms with E-state index in [4.69, 9.17) is 5.73 Å². The molecule has 0 aliphatic carbocycles. The Kier molecular flexibility index (Phi) is 7.35. The number of likely N-dealkylation sites (tertiary alicyclic amines) is 1. The molecule has 0 spiro atoms. The van der Waals surface area contributed by atoms with Crippen LogP contribution in [0.2, 0.25) is 0 Å². The fraction of sp³-hybridized carbons (Fsp3) is 0.500. The monoisotopic (exact) mass is 325 g/mol. The van der Waals surface area contributed by atoms with Gasteiger partial charge in [0.15, 0.2) is 0 Å². The third-order valence-electron chi connectivity index (χ3n) is 3.83. The van der Waals surface area contributed by atoms with Crippen LogP contribution in [0.5, 0.6) is 0 Å². The summed E-state index contributed by atoms with van der Waals surface area (Å²) in [6.07, 6.45) is 2.99. The van der Waals surface area contributed by atoms with E-state index in [0.29, 0.717) is 12.1 Å². The van der Waals surface area contributed by atoms with Crippen molar-refractivity contribution < 1.29 is 9.59 Å². The molecular formula is C16H24ClN3O2. The molecule has 1 aromatic rings. The van der Waals surface area contributed by atoms with Crippen molar-refractivity contribution in [1.82, 2.24) is 10.2 Å². The van der Waals surface area contributed by atoms with E-state index in [-0.39, 0.29) is 30.3 Å². The van der Waals surface area contributed by atoms with E-state index in [2.05, 4.69) is 5.32 Å². The van der Waals surface area contributed by atoms with Gasteiger partial charge in [-0.1, -0.05) is 18.2 Å². The molecule has 0 aromatic heterocycles. The average Bonchev–Trinajstić information content (AvgIpc) is 2.53. The molecule has 0 bridgehead atoms. The zero-order chi connectivity index (χ0) is 15.2. The minimum absolute atomic E-state index is 0. The van der Waals surface area contributed by atoms with Gasteiger partial charge in [-0.15, -0.1) is 12.4 Å². The fourth-order valence-electron chi connectivity index (χ4n) is 2.67. The SMILES string of the molecule is C[C@H](N)C(=O)N1CCCCC1CNC(=O)c1ccccc1.Cl. The van der Waals surface area contributed by atoms with Gasteiger partial charge in [0.2, 0.25) is 5.91 Å². The lowest BCUT2D eigenvalue weighted by Gasteiger charge is -2.36. The first kappa shape index (κ1) is 18.5. The number of rotatable bonds is 4. The number of nitrogens with zero attached hydrogens (tertiary/aromatic N) is 1. The van der Waals surface area contributed by atoms with Crippen molar-refractivity contribution in [2.75, 3.05) is 13.1 Å². The zero-order valence-corrected chi connectivity index (χ0v) is 13.6. The Labute approximate surface area is 137 Å². The van der Waals surface area contributed by atoms with Crippen LogP contribution in [0.15, 0.2) is 30.3 Å². The Morgan fingerprint density at radius 1 is 1.32 bits per heavy atom. The van der Waals surface area contributed by atoms with Crippen LogP contribution < -0.4 is 11.1 Å². The van der Waals surface area contributed by atoms with Gasteiger partial charge in [-0.05, 0) is 38.3 Å². The van der Waals surface area contributed by atoms with Crippen LogP contribution in [-0.4, -0.2) is 41.9 Å². The standard InChI is InChI=1S/C16H23N3O2.ClH/c1-12(17)16(21)19-10-6-5-9-14(19)11-18-15(20)13-7-3-2-4-8-13;/h2-4,7-8,12,14H,5-6,9-11,17H2,1H3,(H,18,20);1H/t12-,14?;/m0./s1. The molecule has 2 atom stereocenters. The van der Waals surface area contributed by atoms with Crippen molar-refractivity contribution in [1.29, 1.82) is 0 Å². The number of benzene rings is 1. The summed E-state index contributed by atoms with van der Waals surface area (Å²) in [5.74, 6) is -0.136. The maximum Gasteiger partial charge on any atom is 0.251 e. The van der Waals surface area contributed by atoms with Crippen molar-refractivity contribution in [3.05, 3.63) is 35.9 Å². The van der Waals surface area contributed by atoms with Crippen molar-refractivity contribution in [2.45, 2.75) is 38.3 Å². The van der Waals surface area contributed by atoms with Crippen LogP contribution in [0.4, 0.5) is 0 Å². The number of carbonyl (C=O) groups is 2. The molecule has 3 N–H and O–H groups in total. The number of carbonyl (C=O) groups excluding carboxylic acids is 2. The van der Waals surface area contributed by atoms with E-state index in [0.717, 1.165) is 25.8 Å². The number of amides is 2. The fourth-order valence-corrected chi connectivity index (χ4v) is 2.67. The highest BCUT2D eigenvalue weighted by molar-refractivity contribution is 5.94. The minimum Gasteiger partial charge on any atom is -0.350 e. The topological polar surface area (TPSA) is 75.4 Å². The number of piperidine rings is 1. The highest BCUT2D eigenvalue weighted by atomic mass is 35.5. The molecule has 2 amide bonds. The molecule has 0 radical (unpaired) electrons. The summed E-state index contributed by atoms with van der Waals surface area (Å²) in [7, 11) is 0. The molecule has 6 heteroatoms. The van der Waals surface area contributed by atoms with Crippen molar-refractivity contribution in [2.24, 2.45) is 5.73 Å². The quantitative estimate of drug-likeness (QED) is 0.882. The molecule has 1 aliphatic rings. The summed E-state index contributed by atoms with van der Waals surface area (Å²) >= 11 is 0. The number of nitrogens with two attached hydrogens (primary N) is 1. The molecule has 1 saturated heterocycles. The molecule has 1 aromatic carbocycles. The van der Waals surface area contributed by atoms with Gasteiger partial charge in [-0.3, -0.25) is 9.59 Å². The number of nitrogens with one attached hydrogen (secondary N) is 1. The molecular weight excluding hydrogens is 302 g/mol.